The van der Waals surface area contributed by atoms with Gasteiger partial charge in [0.2, 0.25) is 5.82 Å². The number of piperidine rings is 1. The molecular formula is C21H22N4O4. The molecule has 0 amide bonds. The molecule has 1 saturated heterocycles. The average Bonchev–Trinajstić information content (AvgIpc) is 3.23. The Balaban J connectivity index is 1.64. The molecule has 3 aromatic rings. The molecule has 150 valence electrons. The molecule has 0 unspecified atom stereocenters. The molecule has 1 aromatic heterocycles. The van der Waals surface area contributed by atoms with Gasteiger partial charge in [-0.2, -0.15) is 4.98 Å². The van der Waals surface area contributed by atoms with Crippen molar-refractivity contribution in [2.75, 3.05) is 25.1 Å². The zero-order valence-corrected chi connectivity index (χ0v) is 16.4. The predicted molar refractivity (Wildman–Crippen MR) is 109 cm³/mol. The fourth-order valence-electron chi connectivity index (χ4n) is 3.68. The van der Waals surface area contributed by atoms with Crippen molar-refractivity contribution in [3.8, 4) is 28.6 Å². The molecule has 29 heavy (non-hydrogen) atoms. The van der Waals surface area contributed by atoms with Crippen LogP contribution in [0.5, 0.6) is 5.75 Å². The van der Waals surface area contributed by atoms with E-state index in [1.54, 1.807) is 19.2 Å². The van der Waals surface area contributed by atoms with Crippen molar-refractivity contribution in [3.05, 3.63) is 52.6 Å². The second kappa shape index (κ2) is 7.90. The summed E-state index contributed by atoms with van der Waals surface area (Å²) in [6.07, 6.45) is 2.19. The van der Waals surface area contributed by atoms with Crippen molar-refractivity contribution in [2.45, 2.75) is 19.8 Å². The predicted octanol–water partition coefficient (Wildman–Crippen LogP) is 4.56. The summed E-state index contributed by atoms with van der Waals surface area (Å²) in [7, 11) is 1.60. The van der Waals surface area contributed by atoms with Crippen LogP contribution < -0.4 is 9.64 Å². The van der Waals surface area contributed by atoms with Crippen LogP contribution in [0.2, 0.25) is 0 Å². The summed E-state index contributed by atoms with van der Waals surface area (Å²) in [5.74, 6) is 1.92. The highest BCUT2D eigenvalue weighted by atomic mass is 16.6. The van der Waals surface area contributed by atoms with Crippen LogP contribution in [0.25, 0.3) is 22.8 Å². The van der Waals surface area contributed by atoms with Gasteiger partial charge in [0.05, 0.1) is 12.0 Å². The highest BCUT2D eigenvalue weighted by Crippen LogP contribution is 2.35. The van der Waals surface area contributed by atoms with E-state index in [0.717, 1.165) is 37.2 Å². The van der Waals surface area contributed by atoms with Gasteiger partial charge < -0.3 is 14.2 Å². The molecule has 1 atom stereocenters. The standard InChI is InChI=1S/C21H22N4O4/c1-14-4-3-11-24(13-14)18-10-7-16(12-19(18)25(26)27)21-22-20(23-29-21)15-5-8-17(28-2)9-6-15/h5-10,12,14H,3-4,11,13H2,1-2H3/t14-/m0/s1. The van der Waals surface area contributed by atoms with Crippen LogP contribution >= 0.6 is 0 Å². The van der Waals surface area contributed by atoms with Gasteiger partial charge in [0.1, 0.15) is 11.4 Å². The third kappa shape index (κ3) is 3.91. The van der Waals surface area contributed by atoms with Crippen LogP contribution in [0.3, 0.4) is 0 Å². The maximum Gasteiger partial charge on any atom is 0.293 e. The Morgan fingerprint density at radius 1 is 1.21 bits per heavy atom. The van der Waals surface area contributed by atoms with Crippen LogP contribution in [0.4, 0.5) is 11.4 Å². The van der Waals surface area contributed by atoms with E-state index in [4.69, 9.17) is 9.26 Å². The molecule has 1 aliphatic rings. The van der Waals surface area contributed by atoms with Crippen LogP contribution in [0, 0.1) is 16.0 Å². The summed E-state index contributed by atoms with van der Waals surface area (Å²) in [5, 5.41) is 15.7. The van der Waals surface area contributed by atoms with Gasteiger partial charge in [0.25, 0.3) is 11.6 Å². The third-order valence-corrected chi connectivity index (χ3v) is 5.19. The maximum atomic E-state index is 11.7. The summed E-state index contributed by atoms with van der Waals surface area (Å²) in [5.41, 5.74) is 1.99. The molecule has 8 nitrogen and oxygen atoms in total. The molecule has 4 rings (SSSR count). The zero-order chi connectivity index (χ0) is 20.4. The number of nitro benzene ring substituents is 1. The number of aromatic nitrogens is 2. The molecule has 2 aromatic carbocycles. The zero-order valence-electron chi connectivity index (χ0n) is 16.4. The fourth-order valence-corrected chi connectivity index (χ4v) is 3.68. The summed E-state index contributed by atoms with van der Waals surface area (Å²) in [6, 6.07) is 12.4. The number of anilines is 1. The van der Waals surface area contributed by atoms with E-state index in [2.05, 4.69) is 22.0 Å². The molecule has 0 N–H and O–H groups in total. The quantitative estimate of drug-likeness (QED) is 0.462. The summed E-state index contributed by atoms with van der Waals surface area (Å²) < 4.78 is 10.5. The molecular weight excluding hydrogens is 372 g/mol. The molecule has 0 radical (unpaired) electrons. The average molecular weight is 394 g/mol. The lowest BCUT2D eigenvalue weighted by atomic mass is 9.99. The van der Waals surface area contributed by atoms with Crippen molar-refractivity contribution in [1.29, 1.82) is 0 Å². The third-order valence-electron chi connectivity index (χ3n) is 5.19. The first-order valence-electron chi connectivity index (χ1n) is 9.57. The normalized spacial score (nSPS) is 16.6. The number of methoxy groups -OCH3 is 1. The molecule has 1 fully saturated rings. The Kier molecular flexibility index (Phi) is 5.16. The van der Waals surface area contributed by atoms with E-state index in [-0.39, 0.29) is 16.5 Å². The van der Waals surface area contributed by atoms with Crippen LogP contribution in [-0.2, 0) is 0 Å². The number of ether oxygens (including phenoxy) is 1. The van der Waals surface area contributed by atoms with Gasteiger partial charge >= 0.3 is 0 Å². The Morgan fingerprint density at radius 2 is 1.97 bits per heavy atom. The van der Waals surface area contributed by atoms with Crippen molar-refractivity contribution < 1.29 is 14.2 Å². The molecule has 0 bridgehead atoms. The minimum absolute atomic E-state index is 0.0563. The molecule has 2 heterocycles. The molecule has 0 aliphatic carbocycles. The van der Waals surface area contributed by atoms with Gasteiger partial charge in [-0.25, -0.2) is 0 Å². The number of hydrogen-bond acceptors (Lipinski definition) is 7. The monoisotopic (exact) mass is 394 g/mol. The first kappa shape index (κ1) is 18.9. The fraction of sp³-hybridized carbons (Fsp3) is 0.333. The van der Waals surface area contributed by atoms with Gasteiger partial charge in [-0.05, 0) is 55.2 Å². The second-order valence-electron chi connectivity index (χ2n) is 7.31. The summed E-state index contributed by atoms with van der Waals surface area (Å²) >= 11 is 0. The molecule has 0 saturated carbocycles. The topological polar surface area (TPSA) is 94.5 Å². The largest absolute Gasteiger partial charge is 0.497 e. The van der Waals surface area contributed by atoms with Crippen molar-refractivity contribution in [2.24, 2.45) is 5.92 Å². The Morgan fingerprint density at radius 3 is 2.66 bits per heavy atom. The van der Waals surface area contributed by atoms with Crippen LogP contribution in [-0.4, -0.2) is 35.3 Å². The van der Waals surface area contributed by atoms with Crippen molar-refractivity contribution in [3.63, 3.8) is 0 Å². The highest BCUT2D eigenvalue weighted by molar-refractivity contribution is 5.71. The van der Waals surface area contributed by atoms with Gasteiger partial charge in [-0.3, -0.25) is 10.1 Å². The van der Waals surface area contributed by atoms with Crippen LogP contribution in [0.1, 0.15) is 19.8 Å². The number of nitro groups is 1. The van der Waals surface area contributed by atoms with E-state index in [1.165, 1.54) is 6.07 Å². The number of nitrogens with zero attached hydrogens (tertiary/aromatic N) is 4. The Hall–Kier alpha value is -3.42. The van der Waals surface area contributed by atoms with E-state index >= 15 is 0 Å². The van der Waals surface area contributed by atoms with Crippen molar-refractivity contribution >= 4 is 11.4 Å². The number of benzene rings is 2. The molecule has 1 aliphatic heterocycles. The van der Waals surface area contributed by atoms with Gasteiger partial charge in [-0.1, -0.05) is 12.1 Å². The molecule has 8 heteroatoms. The SMILES string of the molecule is COc1ccc(-c2noc(-c3ccc(N4CCC[C@H](C)C4)c([N+](=O)[O-])c3)n2)cc1. The first-order chi connectivity index (χ1) is 14.0. The maximum absolute atomic E-state index is 11.7. The summed E-state index contributed by atoms with van der Waals surface area (Å²) in [6.45, 7) is 3.82. The van der Waals surface area contributed by atoms with E-state index in [1.807, 2.05) is 24.3 Å². The smallest absolute Gasteiger partial charge is 0.293 e. The Bertz CT molecular complexity index is 1020. The number of rotatable bonds is 5. The Labute approximate surface area is 168 Å². The van der Waals surface area contributed by atoms with Gasteiger partial charge in [-0.15, -0.1) is 0 Å². The van der Waals surface area contributed by atoms with Crippen LogP contribution in [0.15, 0.2) is 47.0 Å². The van der Waals surface area contributed by atoms with Gasteiger partial charge in [0, 0.05) is 30.3 Å². The lowest BCUT2D eigenvalue weighted by molar-refractivity contribution is -0.384. The lowest BCUT2D eigenvalue weighted by Gasteiger charge is -2.32. The van der Waals surface area contributed by atoms with E-state index < -0.39 is 0 Å². The summed E-state index contributed by atoms with van der Waals surface area (Å²) in [4.78, 5) is 17.9. The van der Waals surface area contributed by atoms with Crippen molar-refractivity contribution in [1.82, 2.24) is 10.1 Å². The van der Waals surface area contributed by atoms with E-state index in [9.17, 15) is 10.1 Å². The highest BCUT2D eigenvalue weighted by Gasteiger charge is 2.25. The molecule has 0 spiro atoms. The van der Waals surface area contributed by atoms with E-state index in [0.29, 0.717) is 23.0 Å². The minimum Gasteiger partial charge on any atom is -0.497 e. The second-order valence-corrected chi connectivity index (χ2v) is 7.31. The van der Waals surface area contributed by atoms with Gasteiger partial charge in [0.15, 0.2) is 0 Å². The number of hydrogen-bond donors (Lipinski definition) is 0. The lowest BCUT2D eigenvalue weighted by Crippen LogP contribution is -2.34. The minimum atomic E-state index is -0.348. The first-order valence-corrected chi connectivity index (χ1v) is 9.57.